The van der Waals surface area contributed by atoms with Gasteiger partial charge in [-0.05, 0) is 25.5 Å². The second kappa shape index (κ2) is 3.12. The van der Waals surface area contributed by atoms with Crippen LogP contribution in [0.4, 0.5) is 0 Å². The van der Waals surface area contributed by atoms with Gasteiger partial charge in [0.05, 0.1) is 11.1 Å². The molecule has 0 fully saturated rings. The van der Waals surface area contributed by atoms with Crippen LogP contribution >= 0.6 is 0 Å². The van der Waals surface area contributed by atoms with Gasteiger partial charge < -0.3 is 9.67 Å². The molecule has 78 valence electrons. The molecule has 0 saturated carbocycles. The number of benzene rings is 1. The van der Waals surface area contributed by atoms with Crippen molar-refractivity contribution in [1.29, 1.82) is 0 Å². The molecule has 15 heavy (non-hydrogen) atoms. The van der Waals surface area contributed by atoms with E-state index >= 15 is 0 Å². The number of fused-ring (bicyclic) bond motifs is 1. The first kappa shape index (κ1) is 9.77. The molecule has 0 amide bonds. The van der Waals surface area contributed by atoms with Crippen LogP contribution in [0.25, 0.3) is 10.9 Å². The fraction of sp³-hybridized carbons (Fsp3) is 0.250. The molecule has 1 aromatic carbocycles. The van der Waals surface area contributed by atoms with Crippen molar-refractivity contribution in [1.82, 2.24) is 4.57 Å². The number of aromatic hydroxyl groups is 1. The minimum atomic E-state index is -0.109. The number of aryl methyl sites for hydroxylation is 2. The number of hydrogen-bond acceptors (Lipinski definition) is 2. The summed E-state index contributed by atoms with van der Waals surface area (Å²) in [5.41, 5.74) is 2.41. The van der Waals surface area contributed by atoms with E-state index < -0.39 is 0 Å². The molecule has 0 saturated heterocycles. The largest absolute Gasteiger partial charge is 0.494 e. The number of aromatic nitrogens is 1. The second-order valence-corrected chi connectivity index (χ2v) is 3.83. The lowest BCUT2D eigenvalue weighted by Gasteiger charge is -1.97. The summed E-state index contributed by atoms with van der Waals surface area (Å²) in [6.07, 6.45) is 0. The molecule has 0 aliphatic rings. The SMILES string of the molecule is CC(=O)c1c(O)n(C)c2cc(C)ccc12. The summed E-state index contributed by atoms with van der Waals surface area (Å²) < 4.78 is 1.64. The Hall–Kier alpha value is -1.77. The molecule has 1 N–H and O–H groups in total. The van der Waals surface area contributed by atoms with Crippen LogP contribution in [0.3, 0.4) is 0 Å². The third-order valence-corrected chi connectivity index (χ3v) is 2.68. The Morgan fingerprint density at radius 1 is 1.40 bits per heavy atom. The normalized spacial score (nSPS) is 10.9. The van der Waals surface area contributed by atoms with E-state index in [0.717, 1.165) is 16.5 Å². The maximum absolute atomic E-state index is 11.4. The molecule has 3 nitrogen and oxygen atoms in total. The quantitative estimate of drug-likeness (QED) is 0.723. The smallest absolute Gasteiger partial charge is 0.202 e. The maximum atomic E-state index is 11.4. The summed E-state index contributed by atoms with van der Waals surface area (Å²) in [6, 6.07) is 5.77. The first-order valence-corrected chi connectivity index (χ1v) is 4.81. The van der Waals surface area contributed by atoms with Crippen LogP contribution in [0.15, 0.2) is 18.2 Å². The van der Waals surface area contributed by atoms with E-state index in [-0.39, 0.29) is 11.7 Å². The predicted octanol–water partition coefficient (Wildman–Crippen LogP) is 2.39. The molecule has 1 heterocycles. The standard InChI is InChI=1S/C12H13NO2/c1-7-4-5-9-10(6-7)13(3)12(15)11(9)8(2)14/h4-6,15H,1-3H3. The summed E-state index contributed by atoms with van der Waals surface area (Å²) in [6.45, 7) is 3.45. The Morgan fingerprint density at radius 3 is 2.67 bits per heavy atom. The van der Waals surface area contributed by atoms with Crippen molar-refractivity contribution in [2.75, 3.05) is 0 Å². The maximum Gasteiger partial charge on any atom is 0.202 e. The summed E-state index contributed by atoms with van der Waals surface area (Å²) in [4.78, 5) is 11.4. The van der Waals surface area contributed by atoms with Crippen LogP contribution in [-0.4, -0.2) is 15.5 Å². The van der Waals surface area contributed by atoms with Gasteiger partial charge in [0.1, 0.15) is 0 Å². The Bertz CT molecular complexity index is 552. The molecule has 2 rings (SSSR count). The van der Waals surface area contributed by atoms with Crippen LogP contribution in [0.1, 0.15) is 22.8 Å². The molecule has 0 radical (unpaired) electrons. The fourth-order valence-electron chi connectivity index (χ4n) is 1.88. The van der Waals surface area contributed by atoms with Crippen molar-refractivity contribution in [2.45, 2.75) is 13.8 Å². The van der Waals surface area contributed by atoms with E-state index in [1.165, 1.54) is 6.92 Å². The molecule has 0 spiro atoms. The molecule has 0 aliphatic carbocycles. The van der Waals surface area contributed by atoms with Gasteiger partial charge in [0.2, 0.25) is 5.88 Å². The van der Waals surface area contributed by atoms with Crippen LogP contribution in [0.5, 0.6) is 5.88 Å². The lowest BCUT2D eigenvalue weighted by atomic mass is 10.1. The lowest BCUT2D eigenvalue weighted by molar-refractivity contribution is 0.101. The topological polar surface area (TPSA) is 42.2 Å². The fourth-order valence-corrected chi connectivity index (χ4v) is 1.88. The van der Waals surface area contributed by atoms with E-state index in [4.69, 9.17) is 0 Å². The molecule has 2 aromatic rings. The van der Waals surface area contributed by atoms with Crippen molar-refractivity contribution >= 4 is 16.7 Å². The first-order valence-electron chi connectivity index (χ1n) is 4.81. The van der Waals surface area contributed by atoms with E-state index in [9.17, 15) is 9.90 Å². The molecular formula is C12H13NO2. The molecule has 3 heteroatoms. The number of ketones is 1. The van der Waals surface area contributed by atoms with Gasteiger partial charge in [0, 0.05) is 12.4 Å². The zero-order valence-electron chi connectivity index (χ0n) is 9.03. The number of Topliss-reactive ketones (excluding diaryl/α,β-unsaturated/α-hetero) is 1. The molecule has 1 aromatic heterocycles. The van der Waals surface area contributed by atoms with Crippen molar-refractivity contribution in [3.05, 3.63) is 29.3 Å². The second-order valence-electron chi connectivity index (χ2n) is 3.83. The Kier molecular flexibility index (Phi) is 2.03. The van der Waals surface area contributed by atoms with Gasteiger partial charge >= 0.3 is 0 Å². The van der Waals surface area contributed by atoms with Crippen LogP contribution in [0, 0.1) is 6.92 Å². The van der Waals surface area contributed by atoms with Gasteiger partial charge in [0.15, 0.2) is 5.78 Å². The highest BCUT2D eigenvalue weighted by molar-refractivity contribution is 6.09. The van der Waals surface area contributed by atoms with Gasteiger partial charge in [-0.25, -0.2) is 0 Å². The van der Waals surface area contributed by atoms with E-state index in [1.807, 2.05) is 25.1 Å². The number of nitrogens with zero attached hydrogens (tertiary/aromatic N) is 1. The lowest BCUT2D eigenvalue weighted by Crippen LogP contribution is -1.91. The zero-order chi connectivity index (χ0) is 11.2. The number of carbonyl (C=O) groups is 1. The average Bonchev–Trinajstić information content (AvgIpc) is 2.41. The predicted molar refractivity (Wildman–Crippen MR) is 59.3 cm³/mol. The van der Waals surface area contributed by atoms with Crippen LogP contribution in [-0.2, 0) is 7.05 Å². The van der Waals surface area contributed by atoms with Gasteiger partial charge in [-0.3, -0.25) is 4.79 Å². The Morgan fingerprint density at radius 2 is 2.07 bits per heavy atom. The molecule has 0 atom stereocenters. The number of carbonyl (C=O) groups excluding carboxylic acids is 1. The minimum absolute atomic E-state index is 0.0445. The highest BCUT2D eigenvalue weighted by Gasteiger charge is 2.17. The van der Waals surface area contributed by atoms with Crippen molar-refractivity contribution in [2.24, 2.45) is 7.05 Å². The summed E-state index contributed by atoms with van der Waals surface area (Å²) in [7, 11) is 1.75. The third kappa shape index (κ3) is 1.31. The molecule has 0 unspecified atom stereocenters. The summed E-state index contributed by atoms with van der Waals surface area (Å²) in [5.74, 6) is -0.0648. The minimum Gasteiger partial charge on any atom is -0.494 e. The van der Waals surface area contributed by atoms with E-state index in [0.29, 0.717) is 5.56 Å². The zero-order valence-corrected chi connectivity index (χ0v) is 9.03. The van der Waals surface area contributed by atoms with Gasteiger partial charge in [-0.2, -0.15) is 0 Å². The monoisotopic (exact) mass is 203 g/mol. The molecule has 0 bridgehead atoms. The van der Waals surface area contributed by atoms with Gasteiger partial charge in [0.25, 0.3) is 0 Å². The Labute approximate surface area is 87.9 Å². The highest BCUT2D eigenvalue weighted by atomic mass is 16.3. The van der Waals surface area contributed by atoms with Crippen LogP contribution in [0.2, 0.25) is 0 Å². The number of rotatable bonds is 1. The van der Waals surface area contributed by atoms with Crippen molar-refractivity contribution in [3.63, 3.8) is 0 Å². The van der Waals surface area contributed by atoms with Gasteiger partial charge in [-0.1, -0.05) is 12.1 Å². The first-order chi connectivity index (χ1) is 7.02. The average molecular weight is 203 g/mol. The van der Waals surface area contributed by atoms with Gasteiger partial charge in [-0.15, -0.1) is 0 Å². The van der Waals surface area contributed by atoms with E-state index in [1.54, 1.807) is 11.6 Å². The number of hydrogen-bond donors (Lipinski definition) is 1. The molecule has 0 aliphatic heterocycles. The van der Waals surface area contributed by atoms with Crippen LogP contribution < -0.4 is 0 Å². The van der Waals surface area contributed by atoms with Crippen molar-refractivity contribution in [3.8, 4) is 5.88 Å². The van der Waals surface area contributed by atoms with Crippen molar-refractivity contribution < 1.29 is 9.90 Å². The Balaban J connectivity index is 2.93. The highest BCUT2D eigenvalue weighted by Crippen LogP contribution is 2.30. The third-order valence-electron chi connectivity index (χ3n) is 2.68. The summed E-state index contributed by atoms with van der Waals surface area (Å²) in [5, 5.41) is 10.6. The molecular weight excluding hydrogens is 190 g/mol. The van der Waals surface area contributed by atoms with E-state index in [2.05, 4.69) is 0 Å². The summed E-state index contributed by atoms with van der Waals surface area (Å²) >= 11 is 0.